The van der Waals surface area contributed by atoms with Crippen LogP contribution in [0.2, 0.25) is 5.02 Å². The minimum atomic E-state index is -0.404. The van der Waals surface area contributed by atoms with E-state index in [9.17, 15) is 9.59 Å². The fraction of sp³-hybridized carbons (Fsp3) is 0.368. The number of rotatable bonds is 4. The van der Waals surface area contributed by atoms with Gasteiger partial charge in [0.2, 0.25) is 0 Å². The normalized spacial score (nSPS) is 15.5. The third-order valence-corrected chi connectivity index (χ3v) is 4.83. The van der Waals surface area contributed by atoms with Crippen molar-refractivity contribution in [3.63, 3.8) is 0 Å². The molecule has 1 aromatic heterocycles. The van der Waals surface area contributed by atoms with Gasteiger partial charge >= 0.3 is 5.97 Å². The molecule has 1 aliphatic heterocycles. The van der Waals surface area contributed by atoms with Gasteiger partial charge in [-0.05, 0) is 24.6 Å². The van der Waals surface area contributed by atoms with Crippen LogP contribution in [0.3, 0.4) is 0 Å². The zero-order valence-electron chi connectivity index (χ0n) is 14.6. The Labute approximate surface area is 157 Å². The summed E-state index contributed by atoms with van der Waals surface area (Å²) < 4.78 is 10.2. The molecule has 0 saturated carbocycles. The summed E-state index contributed by atoms with van der Waals surface area (Å²) in [6.07, 6.45) is 2.33. The summed E-state index contributed by atoms with van der Waals surface area (Å²) in [6.45, 7) is 3.28. The van der Waals surface area contributed by atoms with Crippen molar-refractivity contribution < 1.29 is 18.7 Å². The van der Waals surface area contributed by atoms with Gasteiger partial charge in [-0.1, -0.05) is 23.7 Å². The molecule has 1 fully saturated rings. The zero-order valence-corrected chi connectivity index (χ0v) is 15.4. The van der Waals surface area contributed by atoms with E-state index in [1.807, 2.05) is 17.0 Å². The minimum Gasteiger partial charge on any atom is -0.467 e. The number of hydrogen-bond donors (Lipinski definition) is 0. The van der Waals surface area contributed by atoms with Gasteiger partial charge in [0.1, 0.15) is 11.3 Å². The number of halogens is 1. The molecular weight excluding hydrogens is 356 g/mol. The van der Waals surface area contributed by atoms with E-state index in [1.54, 1.807) is 18.2 Å². The Morgan fingerprint density at radius 1 is 1.12 bits per heavy atom. The Kier molecular flexibility index (Phi) is 5.96. The summed E-state index contributed by atoms with van der Waals surface area (Å²) in [4.78, 5) is 28.5. The number of carbonyl (C=O) groups excluding carboxylic acids is 2. The highest BCUT2D eigenvalue weighted by atomic mass is 35.5. The van der Waals surface area contributed by atoms with Gasteiger partial charge in [0.05, 0.1) is 30.5 Å². The number of benzene rings is 1. The number of nitrogens with zero attached hydrogens (tertiary/aromatic N) is 2. The Morgan fingerprint density at radius 2 is 1.92 bits per heavy atom. The van der Waals surface area contributed by atoms with Crippen molar-refractivity contribution in [3.05, 3.63) is 58.5 Å². The Morgan fingerprint density at radius 3 is 2.69 bits per heavy atom. The molecule has 0 atom stereocenters. The van der Waals surface area contributed by atoms with Crippen molar-refractivity contribution >= 4 is 23.5 Å². The van der Waals surface area contributed by atoms with Crippen LogP contribution in [0.1, 0.15) is 32.9 Å². The monoisotopic (exact) mass is 376 g/mol. The fourth-order valence-corrected chi connectivity index (χ4v) is 3.31. The Bertz CT molecular complexity index is 789. The van der Waals surface area contributed by atoms with E-state index < -0.39 is 5.97 Å². The van der Waals surface area contributed by atoms with E-state index in [0.717, 1.165) is 13.0 Å². The fourth-order valence-electron chi connectivity index (χ4n) is 3.10. The molecule has 0 unspecified atom stereocenters. The lowest BCUT2D eigenvalue weighted by Gasteiger charge is -2.22. The van der Waals surface area contributed by atoms with Crippen LogP contribution in [0.15, 0.2) is 41.0 Å². The van der Waals surface area contributed by atoms with Gasteiger partial charge < -0.3 is 14.1 Å². The predicted molar refractivity (Wildman–Crippen MR) is 97.3 cm³/mol. The van der Waals surface area contributed by atoms with Crippen LogP contribution < -0.4 is 0 Å². The molecule has 3 rings (SSSR count). The number of hydrogen-bond acceptors (Lipinski definition) is 5. The summed E-state index contributed by atoms with van der Waals surface area (Å²) in [5.74, 6) is 0.132. The summed E-state index contributed by atoms with van der Waals surface area (Å²) >= 11 is 6.15. The van der Waals surface area contributed by atoms with Crippen LogP contribution in [0.4, 0.5) is 0 Å². The molecule has 0 N–H and O–H groups in total. The van der Waals surface area contributed by atoms with Crippen LogP contribution in [0, 0.1) is 0 Å². The van der Waals surface area contributed by atoms with Crippen molar-refractivity contribution in [1.82, 2.24) is 9.80 Å². The van der Waals surface area contributed by atoms with E-state index in [-0.39, 0.29) is 5.91 Å². The third-order valence-electron chi connectivity index (χ3n) is 4.50. The number of methoxy groups -OCH3 is 1. The van der Waals surface area contributed by atoms with E-state index >= 15 is 0 Å². The smallest absolute Gasteiger partial charge is 0.341 e. The van der Waals surface area contributed by atoms with Crippen molar-refractivity contribution in [2.75, 3.05) is 33.3 Å². The summed E-state index contributed by atoms with van der Waals surface area (Å²) in [5.41, 5.74) is 0.974. The van der Waals surface area contributed by atoms with E-state index in [2.05, 4.69) is 4.90 Å². The second-order valence-corrected chi connectivity index (χ2v) is 6.56. The molecule has 2 heterocycles. The second-order valence-electron chi connectivity index (χ2n) is 6.15. The lowest BCUT2D eigenvalue weighted by atomic mass is 10.2. The van der Waals surface area contributed by atoms with Gasteiger partial charge in [0.15, 0.2) is 0 Å². The molecule has 0 aliphatic carbocycles. The van der Waals surface area contributed by atoms with Gasteiger partial charge in [-0.15, -0.1) is 0 Å². The maximum atomic E-state index is 12.7. The first kappa shape index (κ1) is 18.5. The number of furan rings is 1. The number of esters is 1. The lowest BCUT2D eigenvalue weighted by Crippen LogP contribution is -2.35. The molecule has 1 saturated heterocycles. The van der Waals surface area contributed by atoms with Gasteiger partial charge in [-0.2, -0.15) is 0 Å². The summed E-state index contributed by atoms with van der Waals surface area (Å²) in [6, 6.07) is 8.72. The van der Waals surface area contributed by atoms with Gasteiger partial charge in [-0.25, -0.2) is 4.79 Å². The molecule has 1 aliphatic rings. The lowest BCUT2D eigenvalue weighted by molar-refractivity contribution is 0.0596. The molecule has 1 aromatic carbocycles. The molecule has 138 valence electrons. The highest BCUT2D eigenvalue weighted by Gasteiger charge is 2.23. The highest BCUT2D eigenvalue weighted by Crippen LogP contribution is 2.19. The van der Waals surface area contributed by atoms with Crippen molar-refractivity contribution in [2.24, 2.45) is 0 Å². The maximum Gasteiger partial charge on any atom is 0.341 e. The first-order valence-electron chi connectivity index (χ1n) is 8.51. The van der Waals surface area contributed by atoms with E-state index in [0.29, 0.717) is 48.1 Å². The summed E-state index contributed by atoms with van der Waals surface area (Å²) in [5, 5.41) is 0.469. The average Bonchev–Trinajstić information content (AvgIpc) is 2.98. The van der Waals surface area contributed by atoms with E-state index in [1.165, 1.54) is 13.4 Å². The first-order valence-corrected chi connectivity index (χ1v) is 8.89. The molecule has 0 radical (unpaired) electrons. The number of amides is 1. The van der Waals surface area contributed by atoms with Crippen molar-refractivity contribution in [1.29, 1.82) is 0 Å². The van der Waals surface area contributed by atoms with Crippen LogP contribution in [-0.4, -0.2) is 55.0 Å². The molecule has 2 aromatic rings. The molecule has 26 heavy (non-hydrogen) atoms. The van der Waals surface area contributed by atoms with Crippen LogP contribution >= 0.6 is 11.6 Å². The Balaban J connectivity index is 1.64. The van der Waals surface area contributed by atoms with Crippen molar-refractivity contribution in [3.8, 4) is 0 Å². The summed E-state index contributed by atoms with van der Waals surface area (Å²) in [7, 11) is 1.35. The molecular formula is C19H21ClN2O4. The van der Waals surface area contributed by atoms with Crippen LogP contribution in [0.25, 0.3) is 0 Å². The predicted octanol–water partition coefficient (Wildman–Crippen LogP) is 3.07. The van der Waals surface area contributed by atoms with Gasteiger partial charge in [-0.3, -0.25) is 9.69 Å². The largest absolute Gasteiger partial charge is 0.467 e. The minimum absolute atomic E-state index is 0.0503. The zero-order chi connectivity index (χ0) is 18.5. The first-order chi connectivity index (χ1) is 12.6. The Hall–Kier alpha value is -2.31. The van der Waals surface area contributed by atoms with Crippen LogP contribution in [-0.2, 0) is 11.3 Å². The van der Waals surface area contributed by atoms with Crippen LogP contribution in [0.5, 0.6) is 0 Å². The quantitative estimate of drug-likeness (QED) is 0.767. The SMILES string of the molecule is COC(=O)c1ccoc1CN1CCCN(C(=O)c2ccccc2Cl)CC1. The molecule has 0 spiro atoms. The average molecular weight is 377 g/mol. The van der Waals surface area contributed by atoms with Crippen molar-refractivity contribution in [2.45, 2.75) is 13.0 Å². The molecule has 6 nitrogen and oxygen atoms in total. The molecule has 1 amide bonds. The third kappa shape index (κ3) is 4.08. The molecule has 0 bridgehead atoms. The van der Waals surface area contributed by atoms with Gasteiger partial charge in [0, 0.05) is 26.2 Å². The van der Waals surface area contributed by atoms with E-state index in [4.69, 9.17) is 20.8 Å². The maximum absolute atomic E-state index is 12.7. The molecule has 7 heteroatoms. The van der Waals surface area contributed by atoms with Gasteiger partial charge in [0.25, 0.3) is 5.91 Å². The standard InChI is InChI=1S/C19H21ClN2O4/c1-25-19(24)15-7-12-26-17(15)13-21-8-4-9-22(11-10-21)18(23)14-5-2-3-6-16(14)20/h2-3,5-7,12H,4,8-11,13H2,1H3. The number of ether oxygens (including phenoxy) is 1. The highest BCUT2D eigenvalue weighted by molar-refractivity contribution is 6.33. The topological polar surface area (TPSA) is 63.0 Å². The second kappa shape index (κ2) is 8.38. The number of carbonyl (C=O) groups is 2.